The Labute approximate surface area is 157 Å². The van der Waals surface area contributed by atoms with Gasteiger partial charge in [0.05, 0.1) is 6.61 Å². The van der Waals surface area contributed by atoms with Gasteiger partial charge in [0.2, 0.25) is 5.91 Å². The second kappa shape index (κ2) is 13.8. The van der Waals surface area contributed by atoms with Gasteiger partial charge in [0.25, 0.3) is 0 Å². The zero-order valence-electron chi connectivity index (χ0n) is 14.6. The Morgan fingerprint density at radius 2 is 1.83 bits per heavy atom. The topological polar surface area (TPSA) is 69.2 Å². The van der Waals surface area contributed by atoms with Crippen LogP contribution >= 0.6 is 24.0 Å². The minimum absolute atomic E-state index is 0. The van der Waals surface area contributed by atoms with E-state index in [9.17, 15) is 4.79 Å². The summed E-state index contributed by atoms with van der Waals surface area (Å²) in [5.41, 5.74) is 0. The van der Waals surface area contributed by atoms with Gasteiger partial charge < -0.3 is 25.2 Å². The zero-order valence-corrected chi connectivity index (χ0v) is 17.0. The van der Waals surface area contributed by atoms with Crippen molar-refractivity contribution in [1.29, 1.82) is 0 Å². The SMILES string of the molecule is COCCNC(=NCC(=O)N(C)C)NCCN1CCCCC1.I. The molecule has 2 N–H and O–H groups in total. The molecule has 136 valence electrons. The summed E-state index contributed by atoms with van der Waals surface area (Å²) in [6, 6.07) is 0. The van der Waals surface area contributed by atoms with Crippen molar-refractivity contribution >= 4 is 35.8 Å². The molecule has 0 bridgehead atoms. The van der Waals surface area contributed by atoms with Crippen molar-refractivity contribution in [2.75, 3.05) is 67.1 Å². The molecule has 0 aliphatic carbocycles. The van der Waals surface area contributed by atoms with Gasteiger partial charge in [0, 0.05) is 40.8 Å². The lowest BCUT2D eigenvalue weighted by atomic mass is 10.1. The number of carbonyl (C=O) groups is 1. The standard InChI is InChI=1S/C15H31N5O2.HI/c1-19(2)14(21)13-18-15(17-8-12-22-3)16-7-11-20-9-5-4-6-10-20;/h4-13H2,1-3H3,(H2,16,17,18);1H. The molecule has 1 saturated heterocycles. The molecule has 0 atom stereocenters. The number of likely N-dealkylation sites (tertiary alicyclic amines) is 1. The first-order chi connectivity index (χ1) is 10.6. The van der Waals surface area contributed by atoms with Crippen LogP contribution in [0.3, 0.4) is 0 Å². The van der Waals surface area contributed by atoms with E-state index in [1.54, 1.807) is 26.1 Å². The number of hydrogen-bond acceptors (Lipinski definition) is 4. The van der Waals surface area contributed by atoms with Crippen LogP contribution in [0.25, 0.3) is 0 Å². The van der Waals surface area contributed by atoms with E-state index in [-0.39, 0.29) is 36.4 Å². The molecule has 1 rings (SSSR count). The molecule has 1 aliphatic heterocycles. The second-order valence-electron chi connectivity index (χ2n) is 5.70. The van der Waals surface area contributed by atoms with Crippen LogP contribution in [0.5, 0.6) is 0 Å². The molecule has 0 saturated carbocycles. The number of methoxy groups -OCH3 is 1. The van der Waals surface area contributed by atoms with E-state index in [1.165, 1.54) is 32.4 Å². The maximum atomic E-state index is 11.6. The number of aliphatic imine (C=N–C) groups is 1. The third-order valence-electron chi connectivity index (χ3n) is 3.64. The van der Waals surface area contributed by atoms with E-state index in [0.717, 1.165) is 13.1 Å². The third-order valence-corrected chi connectivity index (χ3v) is 3.64. The van der Waals surface area contributed by atoms with Crippen LogP contribution in [0.4, 0.5) is 0 Å². The predicted octanol–water partition coefficient (Wildman–Crippen LogP) is 0.360. The quantitative estimate of drug-likeness (QED) is 0.247. The van der Waals surface area contributed by atoms with Crippen molar-refractivity contribution in [3.63, 3.8) is 0 Å². The molecule has 7 nitrogen and oxygen atoms in total. The summed E-state index contributed by atoms with van der Waals surface area (Å²) in [5.74, 6) is 0.660. The highest BCUT2D eigenvalue weighted by molar-refractivity contribution is 14.0. The minimum Gasteiger partial charge on any atom is -0.383 e. The smallest absolute Gasteiger partial charge is 0.243 e. The van der Waals surface area contributed by atoms with Crippen molar-refractivity contribution in [2.24, 2.45) is 4.99 Å². The number of rotatable bonds is 8. The Bertz CT molecular complexity index is 347. The Hall–Kier alpha value is -0.610. The molecule has 1 amide bonds. The van der Waals surface area contributed by atoms with Crippen molar-refractivity contribution in [1.82, 2.24) is 20.4 Å². The van der Waals surface area contributed by atoms with Gasteiger partial charge in [0.1, 0.15) is 6.54 Å². The maximum absolute atomic E-state index is 11.6. The summed E-state index contributed by atoms with van der Waals surface area (Å²) in [5, 5.41) is 6.47. The normalized spacial score (nSPS) is 15.7. The lowest BCUT2D eigenvalue weighted by molar-refractivity contribution is -0.127. The highest BCUT2D eigenvalue weighted by Crippen LogP contribution is 2.07. The molecule has 23 heavy (non-hydrogen) atoms. The van der Waals surface area contributed by atoms with Gasteiger partial charge in [-0.3, -0.25) is 4.79 Å². The van der Waals surface area contributed by atoms with Crippen LogP contribution < -0.4 is 10.6 Å². The van der Waals surface area contributed by atoms with E-state index >= 15 is 0 Å². The number of halogens is 1. The summed E-state index contributed by atoms with van der Waals surface area (Å²) in [6.07, 6.45) is 3.94. The first-order valence-corrected chi connectivity index (χ1v) is 8.07. The van der Waals surface area contributed by atoms with Crippen molar-refractivity contribution in [3.8, 4) is 0 Å². The second-order valence-corrected chi connectivity index (χ2v) is 5.70. The number of piperidine rings is 1. The van der Waals surface area contributed by atoms with E-state index in [1.807, 2.05) is 0 Å². The predicted molar refractivity (Wildman–Crippen MR) is 105 cm³/mol. The highest BCUT2D eigenvalue weighted by atomic mass is 127. The third kappa shape index (κ3) is 10.7. The molecule has 0 aromatic carbocycles. The van der Waals surface area contributed by atoms with E-state index in [4.69, 9.17) is 4.74 Å². The fourth-order valence-electron chi connectivity index (χ4n) is 2.25. The lowest BCUT2D eigenvalue weighted by Crippen LogP contribution is -2.44. The number of guanidine groups is 1. The molecule has 1 aliphatic rings. The van der Waals surface area contributed by atoms with Crippen LogP contribution in [0.2, 0.25) is 0 Å². The van der Waals surface area contributed by atoms with Crippen LogP contribution in [0, 0.1) is 0 Å². The number of ether oxygens (including phenoxy) is 1. The van der Waals surface area contributed by atoms with Crippen LogP contribution in [-0.4, -0.2) is 88.7 Å². The minimum atomic E-state index is -0.0103. The van der Waals surface area contributed by atoms with Gasteiger partial charge in [0.15, 0.2) is 5.96 Å². The Balaban J connectivity index is 0.00000484. The fraction of sp³-hybridized carbons (Fsp3) is 0.867. The molecule has 0 radical (unpaired) electrons. The van der Waals surface area contributed by atoms with Crippen LogP contribution in [-0.2, 0) is 9.53 Å². The molecule has 0 aromatic heterocycles. The molecule has 0 spiro atoms. The molecule has 0 unspecified atom stereocenters. The molecular formula is C15H32IN5O2. The highest BCUT2D eigenvalue weighted by Gasteiger charge is 2.10. The Morgan fingerprint density at radius 1 is 1.17 bits per heavy atom. The number of amides is 1. The summed E-state index contributed by atoms with van der Waals surface area (Å²) < 4.78 is 5.03. The zero-order chi connectivity index (χ0) is 16.2. The molecule has 1 fully saturated rings. The largest absolute Gasteiger partial charge is 0.383 e. The summed E-state index contributed by atoms with van der Waals surface area (Å²) in [7, 11) is 5.14. The van der Waals surface area contributed by atoms with Gasteiger partial charge in [-0.15, -0.1) is 24.0 Å². The number of carbonyl (C=O) groups excluding carboxylic acids is 1. The van der Waals surface area contributed by atoms with Gasteiger partial charge in [-0.25, -0.2) is 4.99 Å². The van der Waals surface area contributed by atoms with E-state index < -0.39 is 0 Å². The number of hydrogen-bond donors (Lipinski definition) is 2. The first-order valence-electron chi connectivity index (χ1n) is 8.07. The van der Waals surface area contributed by atoms with Crippen molar-refractivity contribution in [2.45, 2.75) is 19.3 Å². The summed E-state index contributed by atoms with van der Waals surface area (Å²) >= 11 is 0. The summed E-state index contributed by atoms with van der Waals surface area (Å²) in [6.45, 7) is 5.63. The van der Waals surface area contributed by atoms with Crippen molar-refractivity contribution in [3.05, 3.63) is 0 Å². The molecular weight excluding hydrogens is 409 g/mol. The maximum Gasteiger partial charge on any atom is 0.243 e. The van der Waals surface area contributed by atoms with E-state index in [0.29, 0.717) is 19.1 Å². The van der Waals surface area contributed by atoms with Gasteiger partial charge in [-0.2, -0.15) is 0 Å². The van der Waals surface area contributed by atoms with Crippen LogP contribution in [0.1, 0.15) is 19.3 Å². The lowest BCUT2D eigenvalue weighted by Gasteiger charge is -2.26. The molecule has 8 heteroatoms. The Morgan fingerprint density at radius 3 is 2.43 bits per heavy atom. The monoisotopic (exact) mass is 441 g/mol. The first kappa shape index (κ1) is 22.4. The Kier molecular flexibility index (Phi) is 13.4. The number of likely N-dealkylation sites (N-methyl/N-ethyl adjacent to an activating group) is 1. The number of nitrogens with one attached hydrogen (secondary N) is 2. The average molecular weight is 441 g/mol. The summed E-state index contributed by atoms with van der Waals surface area (Å²) in [4.78, 5) is 20.0. The van der Waals surface area contributed by atoms with Crippen LogP contribution in [0.15, 0.2) is 4.99 Å². The molecule has 1 heterocycles. The molecule has 0 aromatic rings. The number of nitrogens with zero attached hydrogens (tertiary/aromatic N) is 3. The van der Waals surface area contributed by atoms with Crippen molar-refractivity contribution < 1.29 is 9.53 Å². The van der Waals surface area contributed by atoms with Gasteiger partial charge in [-0.1, -0.05) is 6.42 Å². The fourth-order valence-corrected chi connectivity index (χ4v) is 2.25. The van der Waals surface area contributed by atoms with Gasteiger partial charge >= 0.3 is 0 Å². The van der Waals surface area contributed by atoms with E-state index in [2.05, 4.69) is 20.5 Å². The van der Waals surface area contributed by atoms with Gasteiger partial charge in [-0.05, 0) is 25.9 Å². The average Bonchev–Trinajstić information content (AvgIpc) is 2.52.